The van der Waals surface area contributed by atoms with Gasteiger partial charge >= 0.3 is 0 Å². The lowest BCUT2D eigenvalue weighted by molar-refractivity contribution is -0.116. The molecule has 17 heavy (non-hydrogen) atoms. The Morgan fingerprint density at radius 1 is 0.941 bits per heavy atom. The Labute approximate surface area is 99.4 Å². The Morgan fingerprint density at radius 2 is 1.53 bits per heavy atom. The number of carbonyl (C=O) groups excluding carboxylic acids is 2. The summed E-state index contributed by atoms with van der Waals surface area (Å²) in [5, 5.41) is 0. The van der Waals surface area contributed by atoms with E-state index in [9.17, 15) is 9.59 Å². The van der Waals surface area contributed by atoms with E-state index in [0.717, 1.165) is 5.56 Å². The van der Waals surface area contributed by atoms with E-state index in [2.05, 4.69) is 0 Å². The van der Waals surface area contributed by atoms with E-state index in [1.54, 1.807) is 0 Å². The quantitative estimate of drug-likeness (QED) is 0.728. The predicted octanol–water partition coefficient (Wildman–Crippen LogP) is 2.06. The van der Waals surface area contributed by atoms with E-state index in [1.807, 2.05) is 31.2 Å². The van der Waals surface area contributed by atoms with Crippen LogP contribution in [0.1, 0.15) is 11.1 Å². The van der Waals surface area contributed by atoms with E-state index in [0.29, 0.717) is 11.1 Å². The zero-order chi connectivity index (χ0) is 12.4. The third-order valence-corrected chi connectivity index (χ3v) is 2.63. The first kappa shape index (κ1) is 11.3. The monoisotopic (exact) mass is 228 g/mol. The molecule has 0 atom stereocenters. The summed E-state index contributed by atoms with van der Waals surface area (Å²) in [6.45, 7) is 1.96. The molecule has 0 aromatic heterocycles. The van der Waals surface area contributed by atoms with Crippen molar-refractivity contribution >= 4 is 17.1 Å². The maximum Gasteiger partial charge on any atom is 0.221 e. The minimum Gasteiger partial charge on any atom is -0.492 e. The molecule has 0 bridgehead atoms. The van der Waals surface area contributed by atoms with Gasteiger partial charge in [-0.1, -0.05) is 29.8 Å². The van der Waals surface area contributed by atoms with Gasteiger partial charge < -0.3 is 4.74 Å². The lowest BCUT2D eigenvalue weighted by Crippen LogP contribution is -2.15. The molecule has 1 aromatic carbocycles. The van der Waals surface area contributed by atoms with Crippen LogP contribution in [0.3, 0.4) is 0 Å². The molecule has 0 radical (unpaired) electrons. The van der Waals surface area contributed by atoms with Gasteiger partial charge in [0.25, 0.3) is 0 Å². The van der Waals surface area contributed by atoms with Gasteiger partial charge in [-0.05, 0) is 24.6 Å². The van der Waals surface area contributed by atoms with Gasteiger partial charge in [-0.3, -0.25) is 9.59 Å². The molecule has 2 rings (SSSR count). The molecule has 0 amide bonds. The molecule has 0 saturated carbocycles. The van der Waals surface area contributed by atoms with Crippen LogP contribution >= 0.6 is 0 Å². The third-order valence-electron chi connectivity index (χ3n) is 2.63. The summed E-state index contributed by atoms with van der Waals surface area (Å²) in [7, 11) is 1.40. The van der Waals surface area contributed by atoms with Crippen LogP contribution in [-0.4, -0.2) is 18.7 Å². The number of ether oxygens (including phenoxy) is 1. The number of hydrogen-bond acceptors (Lipinski definition) is 3. The molecule has 3 heteroatoms. The van der Waals surface area contributed by atoms with Crippen molar-refractivity contribution in [2.75, 3.05) is 7.11 Å². The lowest BCUT2D eigenvalue weighted by atomic mass is 9.94. The maximum atomic E-state index is 11.8. The molecule has 1 aliphatic carbocycles. The van der Waals surface area contributed by atoms with Crippen LogP contribution in [0, 0.1) is 6.92 Å². The Kier molecular flexibility index (Phi) is 2.91. The zero-order valence-corrected chi connectivity index (χ0v) is 9.69. The average molecular weight is 228 g/mol. The highest BCUT2D eigenvalue weighted by Crippen LogP contribution is 2.25. The van der Waals surface area contributed by atoms with Crippen molar-refractivity contribution < 1.29 is 14.3 Å². The standard InChI is InChI=1S/C14H12O3/c1-9-3-5-10(6-4-9)13-11(15)7-8-12(16)14(13)17-2/h3-8H,1-2H3. The molecule has 1 aliphatic rings. The fourth-order valence-electron chi connectivity index (χ4n) is 1.74. The third kappa shape index (κ3) is 2.04. The molecule has 0 unspecified atom stereocenters. The number of hydrogen-bond donors (Lipinski definition) is 0. The van der Waals surface area contributed by atoms with Crippen LogP contribution in [0.5, 0.6) is 0 Å². The highest BCUT2D eigenvalue weighted by molar-refractivity contribution is 6.35. The van der Waals surface area contributed by atoms with Gasteiger partial charge in [0.1, 0.15) is 0 Å². The fourth-order valence-corrected chi connectivity index (χ4v) is 1.74. The number of carbonyl (C=O) groups is 2. The van der Waals surface area contributed by atoms with Gasteiger partial charge in [0.2, 0.25) is 5.78 Å². The first-order chi connectivity index (χ1) is 8.13. The summed E-state index contributed by atoms with van der Waals surface area (Å²) in [6, 6.07) is 7.42. The van der Waals surface area contributed by atoms with Crippen molar-refractivity contribution in [2.45, 2.75) is 6.92 Å². The van der Waals surface area contributed by atoms with Crippen molar-refractivity contribution in [2.24, 2.45) is 0 Å². The van der Waals surface area contributed by atoms with Crippen LogP contribution in [0.2, 0.25) is 0 Å². The first-order valence-electron chi connectivity index (χ1n) is 5.25. The average Bonchev–Trinajstić information content (AvgIpc) is 2.33. The summed E-state index contributed by atoms with van der Waals surface area (Å²) in [6.07, 6.45) is 2.51. The van der Waals surface area contributed by atoms with E-state index >= 15 is 0 Å². The number of allylic oxidation sites excluding steroid dienone is 3. The lowest BCUT2D eigenvalue weighted by Gasteiger charge is -2.13. The smallest absolute Gasteiger partial charge is 0.221 e. The van der Waals surface area contributed by atoms with Crippen molar-refractivity contribution in [1.29, 1.82) is 0 Å². The number of aryl methyl sites for hydroxylation is 1. The summed E-state index contributed by atoms with van der Waals surface area (Å²) in [5.74, 6) is -0.366. The number of rotatable bonds is 2. The summed E-state index contributed by atoms with van der Waals surface area (Å²) in [5.41, 5.74) is 2.13. The summed E-state index contributed by atoms with van der Waals surface area (Å²) < 4.78 is 5.03. The molecule has 0 heterocycles. The molecule has 0 saturated heterocycles. The largest absolute Gasteiger partial charge is 0.492 e. The van der Waals surface area contributed by atoms with Crippen LogP contribution in [0.25, 0.3) is 5.57 Å². The van der Waals surface area contributed by atoms with Gasteiger partial charge in [-0.2, -0.15) is 0 Å². The van der Waals surface area contributed by atoms with E-state index in [4.69, 9.17) is 4.74 Å². The second-order valence-electron chi connectivity index (χ2n) is 3.84. The van der Waals surface area contributed by atoms with Crippen molar-refractivity contribution in [3.05, 3.63) is 53.3 Å². The molecule has 0 N–H and O–H groups in total. The number of methoxy groups -OCH3 is 1. The SMILES string of the molecule is COC1=C(c2ccc(C)cc2)C(=O)C=CC1=O. The van der Waals surface area contributed by atoms with Crippen LogP contribution < -0.4 is 0 Å². The molecule has 0 fully saturated rings. The summed E-state index contributed by atoms with van der Waals surface area (Å²) >= 11 is 0. The Balaban J connectivity index is 2.57. The van der Waals surface area contributed by atoms with Gasteiger partial charge in [0.05, 0.1) is 12.7 Å². The molecule has 0 aliphatic heterocycles. The first-order valence-corrected chi connectivity index (χ1v) is 5.25. The van der Waals surface area contributed by atoms with Gasteiger partial charge in [0.15, 0.2) is 11.5 Å². The zero-order valence-electron chi connectivity index (χ0n) is 9.69. The second-order valence-corrected chi connectivity index (χ2v) is 3.84. The van der Waals surface area contributed by atoms with E-state index < -0.39 is 0 Å². The predicted molar refractivity (Wildman–Crippen MR) is 64.3 cm³/mol. The highest BCUT2D eigenvalue weighted by Gasteiger charge is 2.24. The molecular formula is C14H12O3. The normalized spacial score (nSPS) is 15.4. The van der Waals surface area contributed by atoms with Gasteiger partial charge in [0, 0.05) is 0 Å². The van der Waals surface area contributed by atoms with Crippen molar-refractivity contribution in [1.82, 2.24) is 0 Å². The topological polar surface area (TPSA) is 43.4 Å². The number of benzene rings is 1. The summed E-state index contributed by atoms with van der Waals surface area (Å²) in [4.78, 5) is 23.4. The fraction of sp³-hybridized carbons (Fsp3) is 0.143. The Morgan fingerprint density at radius 3 is 2.12 bits per heavy atom. The Hall–Kier alpha value is -2.16. The molecule has 1 aromatic rings. The number of ketones is 2. The van der Waals surface area contributed by atoms with Crippen LogP contribution in [0.4, 0.5) is 0 Å². The van der Waals surface area contributed by atoms with E-state index in [1.165, 1.54) is 19.3 Å². The van der Waals surface area contributed by atoms with Crippen molar-refractivity contribution in [3.63, 3.8) is 0 Å². The minimum absolute atomic E-state index is 0.112. The van der Waals surface area contributed by atoms with E-state index in [-0.39, 0.29) is 17.3 Å². The van der Waals surface area contributed by atoms with Crippen LogP contribution in [0.15, 0.2) is 42.2 Å². The van der Waals surface area contributed by atoms with Crippen molar-refractivity contribution in [3.8, 4) is 0 Å². The van der Waals surface area contributed by atoms with Crippen LogP contribution in [-0.2, 0) is 14.3 Å². The highest BCUT2D eigenvalue weighted by atomic mass is 16.5. The minimum atomic E-state index is -0.275. The molecule has 0 spiro atoms. The Bertz CT molecular complexity index is 533. The molecular weight excluding hydrogens is 216 g/mol. The molecule has 86 valence electrons. The maximum absolute atomic E-state index is 11.8. The van der Waals surface area contributed by atoms with Gasteiger partial charge in [-0.25, -0.2) is 0 Å². The van der Waals surface area contributed by atoms with Gasteiger partial charge in [-0.15, -0.1) is 0 Å². The molecule has 3 nitrogen and oxygen atoms in total. The second kappa shape index (κ2) is 4.37.